The zero-order valence-electron chi connectivity index (χ0n) is 25.2. The summed E-state index contributed by atoms with van der Waals surface area (Å²) in [5, 5.41) is 3.09. The first-order chi connectivity index (χ1) is 20.4. The predicted molar refractivity (Wildman–Crippen MR) is 170 cm³/mol. The molecule has 6 rings (SSSR count). The standard InChI is InChI=1S/C33H44N6O2S/c1-4-42(41)36-20-17-32-31(23-36)34-25(3)39(32)30-21-28-15-16-29(22-30)37(28)18-8-19-38(27-9-6-5-7-10-27)33(40)35-26-13-11-24(2)12-14-26/h5-7,9-14,28-30H,4,8,15-23H2,1-3H3,(H,35,40)/t28-,29+,30?,42?. The van der Waals surface area contributed by atoms with E-state index in [2.05, 4.69) is 26.0 Å². The highest BCUT2D eigenvalue weighted by Gasteiger charge is 2.42. The maximum atomic E-state index is 13.4. The molecule has 0 radical (unpaired) electrons. The van der Waals surface area contributed by atoms with Crippen LogP contribution in [0.2, 0.25) is 0 Å². The van der Waals surface area contributed by atoms with Crippen LogP contribution in [0, 0.1) is 13.8 Å². The number of carbonyl (C=O) groups is 1. The number of aryl methyl sites for hydroxylation is 2. The van der Waals surface area contributed by atoms with E-state index < -0.39 is 11.0 Å². The molecule has 9 heteroatoms. The predicted octanol–water partition coefficient (Wildman–Crippen LogP) is 5.84. The molecule has 4 atom stereocenters. The molecule has 42 heavy (non-hydrogen) atoms. The van der Waals surface area contributed by atoms with Gasteiger partial charge in [0.25, 0.3) is 0 Å². The molecule has 2 bridgehead atoms. The first-order valence-electron chi connectivity index (χ1n) is 15.6. The number of para-hydroxylation sites is 1. The van der Waals surface area contributed by atoms with E-state index in [0.717, 1.165) is 61.7 Å². The molecule has 2 saturated heterocycles. The van der Waals surface area contributed by atoms with E-state index in [1.165, 1.54) is 24.1 Å². The van der Waals surface area contributed by atoms with Crippen molar-refractivity contribution in [3.05, 3.63) is 77.4 Å². The first-order valence-corrected chi connectivity index (χ1v) is 16.8. The van der Waals surface area contributed by atoms with Gasteiger partial charge in [-0.1, -0.05) is 42.8 Å². The van der Waals surface area contributed by atoms with Crippen molar-refractivity contribution in [3.8, 4) is 0 Å². The number of rotatable bonds is 9. The van der Waals surface area contributed by atoms with Crippen molar-refractivity contribution >= 4 is 28.4 Å². The molecule has 0 saturated carbocycles. The molecule has 2 fully saturated rings. The van der Waals surface area contributed by atoms with E-state index in [4.69, 9.17) is 4.98 Å². The van der Waals surface area contributed by atoms with Crippen LogP contribution in [0.4, 0.5) is 16.2 Å². The highest BCUT2D eigenvalue weighted by molar-refractivity contribution is 7.82. The van der Waals surface area contributed by atoms with E-state index in [1.807, 2.05) is 73.3 Å². The van der Waals surface area contributed by atoms with Crippen LogP contribution in [-0.4, -0.2) is 66.5 Å². The van der Waals surface area contributed by atoms with Crippen molar-refractivity contribution in [2.24, 2.45) is 0 Å². The van der Waals surface area contributed by atoms with Gasteiger partial charge in [-0.3, -0.25) is 9.80 Å². The van der Waals surface area contributed by atoms with E-state index in [1.54, 1.807) is 0 Å². The van der Waals surface area contributed by atoms with Gasteiger partial charge >= 0.3 is 6.03 Å². The molecule has 4 heterocycles. The molecular formula is C33H44N6O2S. The maximum Gasteiger partial charge on any atom is 0.326 e. The Balaban J connectivity index is 1.09. The second-order valence-electron chi connectivity index (χ2n) is 12.0. The number of amides is 2. The molecule has 8 nitrogen and oxygen atoms in total. The number of nitrogens with one attached hydrogen (secondary N) is 1. The summed E-state index contributed by atoms with van der Waals surface area (Å²) in [5.74, 6) is 1.78. The number of anilines is 2. The summed E-state index contributed by atoms with van der Waals surface area (Å²) < 4.78 is 17.0. The number of aromatic nitrogens is 2. The van der Waals surface area contributed by atoms with Crippen LogP contribution in [0.25, 0.3) is 0 Å². The van der Waals surface area contributed by atoms with Gasteiger partial charge in [0.05, 0.1) is 23.2 Å². The SMILES string of the molecule is CCS(=O)N1CCc2c(nc(C)n2C2C[C@H]3CC[C@@H](C2)N3CCCN(C(=O)Nc2ccc(C)cc2)c2ccccc2)C1. The number of imidazole rings is 1. The minimum absolute atomic E-state index is 0.0894. The van der Waals surface area contributed by atoms with Gasteiger partial charge in [-0.25, -0.2) is 18.3 Å². The summed E-state index contributed by atoms with van der Waals surface area (Å²) in [5.41, 5.74) is 5.40. The summed E-state index contributed by atoms with van der Waals surface area (Å²) >= 11 is 0. The Labute approximate surface area is 252 Å². The maximum absolute atomic E-state index is 13.4. The molecule has 224 valence electrons. The zero-order chi connectivity index (χ0) is 29.2. The van der Waals surface area contributed by atoms with Crippen LogP contribution >= 0.6 is 0 Å². The van der Waals surface area contributed by atoms with Crippen molar-refractivity contribution in [3.63, 3.8) is 0 Å². The topological polar surface area (TPSA) is 73.7 Å². The third kappa shape index (κ3) is 6.05. The summed E-state index contributed by atoms with van der Waals surface area (Å²) in [6, 6.07) is 19.5. The van der Waals surface area contributed by atoms with Gasteiger partial charge in [-0.2, -0.15) is 0 Å². The van der Waals surface area contributed by atoms with Crippen molar-refractivity contribution in [1.29, 1.82) is 0 Å². The second-order valence-corrected chi connectivity index (χ2v) is 13.8. The largest absolute Gasteiger partial charge is 0.329 e. The number of hydrogen-bond donors (Lipinski definition) is 1. The molecule has 2 amide bonds. The summed E-state index contributed by atoms with van der Waals surface area (Å²) in [4.78, 5) is 23.0. The molecule has 3 aliphatic rings. The fraction of sp³-hybridized carbons (Fsp3) is 0.515. The summed E-state index contributed by atoms with van der Waals surface area (Å²) in [7, 11) is -0.914. The average Bonchev–Trinajstić information content (AvgIpc) is 3.45. The summed E-state index contributed by atoms with van der Waals surface area (Å²) in [6.07, 6.45) is 6.66. The molecule has 2 unspecified atom stereocenters. The fourth-order valence-corrected chi connectivity index (χ4v) is 8.30. The Morgan fingerprint density at radius 1 is 1.02 bits per heavy atom. The lowest BCUT2D eigenvalue weighted by Crippen LogP contribution is -2.45. The lowest BCUT2D eigenvalue weighted by Gasteiger charge is -2.41. The number of piperidine rings is 1. The Bertz CT molecular complexity index is 1390. The van der Waals surface area contributed by atoms with Gasteiger partial charge in [0.1, 0.15) is 5.82 Å². The Morgan fingerprint density at radius 2 is 1.74 bits per heavy atom. The van der Waals surface area contributed by atoms with Gasteiger partial charge < -0.3 is 9.88 Å². The molecule has 0 spiro atoms. The van der Waals surface area contributed by atoms with Crippen molar-refractivity contribution < 1.29 is 9.00 Å². The zero-order valence-corrected chi connectivity index (χ0v) is 26.0. The second kappa shape index (κ2) is 12.7. The monoisotopic (exact) mass is 588 g/mol. The average molecular weight is 589 g/mol. The molecular weight excluding hydrogens is 544 g/mol. The Kier molecular flexibility index (Phi) is 8.79. The van der Waals surface area contributed by atoms with E-state index in [0.29, 0.717) is 37.0 Å². The van der Waals surface area contributed by atoms with Gasteiger partial charge in [0, 0.05) is 67.0 Å². The number of urea groups is 1. The van der Waals surface area contributed by atoms with E-state index in [9.17, 15) is 9.00 Å². The lowest BCUT2D eigenvalue weighted by molar-refractivity contribution is 0.104. The highest BCUT2D eigenvalue weighted by atomic mass is 32.2. The minimum atomic E-state index is -0.914. The van der Waals surface area contributed by atoms with Crippen molar-refractivity contribution in [2.45, 2.75) is 84.0 Å². The quantitative estimate of drug-likeness (QED) is 0.341. The minimum Gasteiger partial charge on any atom is -0.329 e. The molecule has 0 aliphatic carbocycles. The normalized spacial score (nSPS) is 23.0. The Hall–Kier alpha value is -3.01. The van der Waals surface area contributed by atoms with Gasteiger partial charge in [-0.05, 0) is 70.2 Å². The van der Waals surface area contributed by atoms with Crippen LogP contribution in [0.1, 0.15) is 67.8 Å². The van der Waals surface area contributed by atoms with Crippen LogP contribution in [0.15, 0.2) is 54.6 Å². The van der Waals surface area contributed by atoms with E-state index in [-0.39, 0.29) is 6.03 Å². The lowest BCUT2D eigenvalue weighted by atomic mass is 9.96. The third-order valence-corrected chi connectivity index (χ3v) is 10.7. The van der Waals surface area contributed by atoms with Crippen molar-refractivity contribution in [1.82, 2.24) is 18.8 Å². The molecule has 3 aliphatic heterocycles. The Morgan fingerprint density at radius 3 is 2.43 bits per heavy atom. The summed E-state index contributed by atoms with van der Waals surface area (Å²) in [6.45, 7) is 9.40. The van der Waals surface area contributed by atoms with E-state index >= 15 is 0 Å². The molecule has 3 aromatic rings. The molecule has 1 N–H and O–H groups in total. The fourth-order valence-electron chi connectivity index (χ4n) is 7.37. The molecule has 2 aromatic carbocycles. The number of hydrogen-bond acceptors (Lipinski definition) is 4. The van der Waals surface area contributed by atoms with Gasteiger partial charge in [-0.15, -0.1) is 0 Å². The number of fused-ring (bicyclic) bond motifs is 3. The van der Waals surface area contributed by atoms with Crippen LogP contribution in [-0.2, 0) is 24.0 Å². The third-order valence-electron chi connectivity index (χ3n) is 9.37. The molecule has 1 aromatic heterocycles. The van der Waals surface area contributed by atoms with Gasteiger partial charge in [0.15, 0.2) is 0 Å². The first kappa shape index (κ1) is 29.1. The number of nitrogens with zero attached hydrogens (tertiary/aromatic N) is 5. The highest BCUT2D eigenvalue weighted by Crippen LogP contribution is 2.42. The number of carbonyl (C=O) groups excluding carboxylic acids is 1. The number of benzene rings is 2. The van der Waals surface area contributed by atoms with Crippen LogP contribution < -0.4 is 10.2 Å². The van der Waals surface area contributed by atoms with Crippen LogP contribution in [0.3, 0.4) is 0 Å². The van der Waals surface area contributed by atoms with Crippen LogP contribution in [0.5, 0.6) is 0 Å². The van der Waals surface area contributed by atoms with Gasteiger partial charge in [0.2, 0.25) is 0 Å². The van der Waals surface area contributed by atoms with Crippen molar-refractivity contribution in [2.75, 3.05) is 35.6 Å². The smallest absolute Gasteiger partial charge is 0.326 e.